The summed E-state index contributed by atoms with van der Waals surface area (Å²) in [6.07, 6.45) is 0. The van der Waals surface area contributed by atoms with Crippen LogP contribution in [-0.4, -0.2) is 26.0 Å². The Morgan fingerprint density at radius 1 is 1.36 bits per heavy atom. The third-order valence-corrected chi connectivity index (χ3v) is 1.67. The van der Waals surface area contributed by atoms with Crippen molar-refractivity contribution in [3.05, 3.63) is 0 Å². The lowest BCUT2D eigenvalue weighted by atomic mass is 10.9. The van der Waals surface area contributed by atoms with Gasteiger partial charge >= 0.3 is 15.6 Å². The lowest BCUT2D eigenvalue weighted by molar-refractivity contribution is -0.0539. The fourth-order valence-corrected chi connectivity index (χ4v) is 0.666. The van der Waals surface area contributed by atoms with Crippen LogP contribution in [0.3, 0.4) is 0 Å². The number of rotatable bonds is 2. The Morgan fingerprint density at radius 2 is 1.73 bits per heavy atom. The first-order chi connectivity index (χ1) is 4.31. The zero-order valence-electron chi connectivity index (χ0n) is 5.47. The maximum Gasteiger partial charge on any atom is 0.523 e. The number of alkyl halides is 3. The first-order valence-corrected chi connectivity index (χ1v) is 3.68. The predicted molar refractivity (Wildman–Crippen MR) is 30.2 cm³/mol. The van der Waals surface area contributed by atoms with Gasteiger partial charge in [-0.1, -0.05) is 0 Å². The van der Waals surface area contributed by atoms with Gasteiger partial charge < -0.3 is 5.48 Å². The molecule has 11 heavy (non-hydrogen) atoms. The molecule has 0 saturated heterocycles. The van der Waals surface area contributed by atoms with Crippen LogP contribution in [0.15, 0.2) is 0 Å². The van der Waals surface area contributed by atoms with E-state index in [1.165, 1.54) is 0 Å². The third kappa shape index (κ3) is 3.54. The molecule has 4 nitrogen and oxygen atoms in total. The highest BCUT2D eigenvalue weighted by molar-refractivity contribution is 7.87. The van der Waals surface area contributed by atoms with Crippen LogP contribution in [0.1, 0.15) is 6.92 Å². The molecule has 0 aliphatic heterocycles. The van der Waals surface area contributed by atoms with E-state index in [2.05, 4.69) is 4.18 Å². The Hall–Kier alpha value is -0.340. The molecule has 0 aliphatic rings. The van der Waals surface area contributed by atoms with Gasteiger partial charge in [-0.3, -0.25) is 4.18 Å². The highest BCUT2D eigenvalue weighted by Gasteiger charge is 2.46. The van der Waals surface area contributed by atoms with Gasteiger partial charge in [-0.05, 0) is 6.92 Å². The summed E-state index contributed by atoms with van der Waals surface area (Å²) in [7, 11) is -5.35. The molecule has 0 bridgehead atoms. The third-order valence-electron chi connectivity index (χ3n) is 0.556. The van der Waals surface area contributed by atoms with Crippen molar-refractivity contribution in [1.29, 1.82) is 0 Å². The summed E-state index contributed by atoms with van der Waals surface area (Å²) in [4.78, 5) is 0. The van der Waals surface area contributed by atoms with Gasteiger partial charge in [-0.15, -0.1) is 0 Å². The van der Waals surface area contributed by atoms with Crippen LogP contribution in [0.4, 0.5) is 13.2 Å². The van der Waals surface area contributed by atoms with Crippen LogP contribution in [0.5, 0.6) is 0 Å². The second-order valence-corrected chi connectivity index (χ2v) is 2.91. The maximum atomic E-state index is 11.3. The molecule has 0 aromatic carbocycles. The quantitative estimate of drug-likeness (QED) is 0.462. The topological polar surface area (TPSA) is 74.9 Å². The molecule has 0 radical (unpaired) electrons. The normalized spacial score (nSPS) is 12.4. The predicted octanol–water partition coefficient (Wildman–Crippen LogP) is 0.0478. The fourth-order valence-electron chi connectivity index (χ4n) is 0.222. The van der Waals surface area contributed by atoms with Crippen molar-refractivity contribution >= 4 is 10.1 Å². The van der Waals surface area contributed by atoms with Crippen molar-refractivity contribution < 1.29 is 31.2 Å². The highest BCUT2D eigenvalue weighted by Crippen LogP contribution is 2.24. The molecule has 0 rings (SSSR count). The van der Waals surface area contributed by atoms with Crippen LogP contribution >= 0.6 is 0 Å². The summed E-state index contributed by atoms with van der Waals surface area (Å²) in [6, 6.07) is 0. The lowest BCUT2D eigenvalue weighted by Crippen LogP contribution is -2.25. The van der Waals surface area contributed by atoms with E-state index >= 15 is 0 Å². The van der Waals surface area contributed by atoms with Crippen molar-refractivity contribution in [3.63, 3.8) is 0 Å². The van der Waals surface area contributed by atoms with E-state index < -0.39 is 22.2 Å². The number of hydrogen-bond acceptors (Lipinski definition) is 3. The van der Waals surface area contributed by atoms with E-state index in [4.69, 9.17) is 0 Å². The lowest BCUT2D eigenvalue weighted by Gasteiger charge is -2.05. The SMILES string of the molecule is CCOS(=O)(=O)C(F)(F)F.O. The fraction of sp³-hybridized carbons (Fsp3) is 1.00. The number of halogens is 3. The molecule has 0 saturated carbocycles. The molecule has 70 valence electrons. The molecule has 0 unspecified atom stereocenters. The van der Waals surface area contributed by atoms with Gasteiger partial charge in [0.2, 0.25) is 0 Å². The summed E-state index contributed by atoms with van der Waals surface area (Å²) in [5.41, 5.74) is -5.30. The molecule has 0 aromatic heterocycles. The largest absolute Gasteiger partial charge is 0.523 e. The van der Waals surface area contributed by atoms with Crippen LogP contribution in [0, 0.1) is 0 Å². The van der Waals surface area contributed by atoms with Crippen molar-refractivity contribution in [1.82, 2.24) is 0 Å². The van der Waals surface area contributed by atoms with Crippen molar-refractivity contribution in [3.8, 4) is 0 Å². The van der Waals surface area contributed by atoms with Gasteiger partial charge in [-0.2, -0.15) is 21.6 Å². The van der Waals surface area contributed by atoms with Gasteiger partial charge in [0.15, 0.2) is 0 Å². The van der Waals surface area contributed by atoms with Gasteiger partial charge in [0.05, 0.1) is 6.61 Å². The van der Waals surface area contributed by atoms with E-state index in [-0.39, 0.29) is 5.48 Å². The smallest absolute Gasteiger partial charge is 0.412 e. The van der Waals surface area contributed by atoms with Gasteiger partial charge in [-0.25, -0.2) is 0 Å². The zero-order chi connectivity index (χ0) is 8.41. The Balaban J connectivity index is 0. The first-order valence-electron chi connectivity index (χ1n) is 2.27. The monoisotopic (exact) mass is 196 g/mol. The molecule has 0 fully saturated rings. The average molecular weight is 196 g/mol. The standard InChI is InChI=1S/C3H5F3O3S.H2O/c1-2-9-10(7,8)3(4,5)6;/h2H2,1H3;1H2. The molecule has 2 N–H and O–H groups in total. The molecule has 0 heterocycles. The average Bonchev–Trinajstić information content (AvgIpc) is 1.61. The van der Waals surface area contributed by atoms with E-state index in [1.54, 1.807) is 0 Å². The van der Waals surface area contributed by atoms with Gasteiger partial charge in [0.1, 0.15) is 0 Å². The summed E-state index contributed by atoms with van der Waals surface area (Å²) >= 11 is 0. The minimum absolute atomic E-state index is 0. The minimum atomic E-state index is -5.35. The second kappa shape index (κ2) is 3.88. The molecular formula is C3H7F3O4S. The van der Waals surface area contributed by atoms with Crippen LogP contribution in [0.25, 0.3) is 0 Å². The Morgan fingerprint density at radius 3 is 1.82 bits per heavy atom. The summed E-state index contributed by atoms with van der Waals surface area (Å²) in [6.45, 7) is 0.644. The van der Waals surface area contributed by atoms with E-state index in [0.29, 0.717) is 0 Å². The summed E-state index contributed by atoms with van der Waals surface area (Å²) in [5, 5.41) is 0. The molecule has 0 atom stereocenters. The summed E-state index contributed by atoms with van der Waals surface area (Å²) < 4.78 is 57.2. The van der Waals surface area contributed by atoms with Gasteiger partial charge in [0.25, 0.3) is 0 Å². The van der Waals surface area contributed by atoms with Crippen LogP contribution in [-0.2, 0) is 14.3 Å². The van der Waals surface area contributed by atoms with E-state index in [1.807, 2.05) is 0 Å². The Labute approximate surface area is 61.4 Å². The molecule has 0 spiro atoms. The van der Waals surface area contributed by atoms with E-state index in [9.17, 15) is 21.6 Å². The minimum Gasteiger partial charge on any atom is -0.412 e. The van der Waals surface area contributed by atoms with E-state index in [0.717, 1.165) is 6.92 Å². The first kappa shape index (κ1) is 13.3. The zero-order valence-corrected chi connectivity index (χ0v) is 6.29. The Kier molecular flexibility index (Phi) is 4.68. The molecule has 0 aliphatic carbocycles. The molecule has 8 heteroatoms. The van der Waals surface area contributed by atoms with Crippen LogP contribution < -0.4 is 0 Å². The van der Waals surface area contributed by atoms with Gasteiger partial charge in [0, 0.05) is 0 Å². The van der Waals surface area contributed by atoms with Crippen molar-refractivity contribution in [2.24, 2.45) is 0 Å². The molecule has 0 amide bonds. The maximum absolute atomic E-state index is 11.3. The molecule has 0 aromatic rings. The van der Waals surface area contributed by atoms with Crippen molar-refractivity contribution in [2.45, 2.75) is 12.4 Å². The Bertz CT molecular complexity index is 193. The van der Waals surface area contributed by atoms with Crippen LogP contribution in [0.2, 0.25) is 0 Å². The number of hydrogen-bond donors (Lipinski definition) is 0. The second-order valence-electron chi connectivity index (χ2n) is 1.31. The van der Waals surface area contributed by atoms with Crippen molar-refractivity contribution in [2.75, 3.05) is 6.61 Å². The highest BCUT2D eigenvalue weighted by atomic mass is 32.2. The summed E-state index contributed by atoms with van der Waals surface area (Å²) in [5.74, 6) is 0. The molecular weight excluding hydrogens is 189 g/mol.